The molecule has 17 heavy (non-hydrogen) atoms. The fraction of sp³-hybridized carbons (Fsp3) is 0. The predicted octanol–water partition coefficient (Wildman–Crippen LogP) is 1.31. The normalized spacial score (nSPS) is 9.12. The number of nitro benzene ring substituents is 1. The van der Waals surface area contributed by atoms with E-state index in [1.165, 1.54) is 12.1 Å². The molecule has 1 N–H and O–H groups in total. The molecule has 0 aromatic heterocycles. The molecule has 1 aromatic carbocycles. The molecule has 0 unspecified atom stereocenters. The summed E-state index contributed by atoms with van der Waals surface area (Å²) in [5.74, 6) is -0.799. The maximum atomic E-state index is 12.4. The van der Waals surface area contributed by atoms with E-state index >= 15 is 0 Å². The molecule has 0 radical (unpaired) electrons. The van der Waals surface area contributed by atoms with Crippen LogP contribution in [0, 0.1) is 21.3 Å². The van der Waals surface area contributed by atoms with E-state index in [4.69, 9.17) is 10.8 Å². The lowest BCUT2D eigenvalue weighted by molar-refractivity contribution is -0.387. The van der Waals surface area contributed by atoms with Crippen LogP contribution in [0.2, 0.25) is 0 Å². The third-order valence-electron chi connectivity index (χ3n) is 1.05. The van der Waals surface area contributed by atoms with E-state index in [9.17, 15) is 31.8 Å². The maximum absolute atomic E-state index is 12.4. The Bertz CT molecular complexity index is 377. The van der Waals surface area contributed by atoms with Crippen molar-refractivity contribution < 1.29 is 32.0 Å². The Kier molecular flexibility index (Phi) is 8.05. The van der Waals surface area contributed by atoms with Crippen molar-refractivity contribution in [2.75, 3.05) is 0 Å². The van der Waals surface area contributed by atoms with Crippen LogP contribution in [0.4, 0.5) is 27.3 Å². The van der Waals surface area contributed by atoms with Gasteiger partial charge in [0.1, 0.15) is 0 Å². The Morgan fingerprint density at radius 2 is 1.53 bits per heavy atom. The zero-order valence-corrected chi connectivity index (χ0v) is 7.99. The van der Waals surface area contributed by atoms with Gasteiger partial charge in [-0.25, -0.2) is 0 Å². The molecule has 11 heteroatoms. The second kappa shape index (κ2) is 7.97. The second-order valence-corrected chi connectivity index (χ2v) is 2.20. The lowest BCUT2D eigenvalue weighted by atomic mass is 10.3. The van der Waals surface area contributed by atoms with E-state index < -0.39 is 23.7 Å². The summed E-state index contributed by atoms with van der Waals surface area (Å²) < 4.78 is 51.4. The number of rotatable bonds is 1. The number of nitrogens with one attached hydrogen (secondary N) is 1. The highest BCUT2D eigenvalue weighted by Crippen LogP contribution is 2.14. The van der Waals surface area contributed by atoms with Gasteiger partial charge in [-0.1, -0.05) is 12.1 Å². The lowest BCUT2D eigenvalue weighted by Gasteiger charge is -1.94. The molecule has 0 aliphatic heterocycles. The third kappa shape index (κ3) is 11.7. The molecule has 1 aromatic rings. The predicted molar refractivity (Wildman–Crippen MR) is 45.9 cm³/mol. The quantitative estimate of drug-likeness (QED) is 0.270. The highest BCUT2D eigenvalue weighted by atomic mass is 19.5. The molecule has 0 aliphatic carbocycles. The number of nitrogens with zero attached hydrogens (tertiary/aromatic N) is 2. The van der Waals surface area contributed by atoms with Gasteiger partial charge in [-0.3, -0.25) is 10.1 Å². The minimum absolute atomic E-state index is 0.484. The van der Waals surface area contributed by atoms with Crippen LogP contribution in [-0.2, 0) is 0 Å². The highest BCUT2D eigenvalue weighted by molar-refractivity contribution is 6.50. The first-order valence-electron chi connectivity index (χ1n) is 3.70. The first-order valence-corrected chi connectivity index (χ1v) is 3.70. The molecule has 0 saturated carbocycles. The lowest BCUT2D eigenvalue weighted by Crippen LogP contribution is -2.11. The number of hydrogen-bond donors (Lipinski definition) is 1. The van der Waals surface area contributed by atoms with Crippen molar-refractivity contribution in [3.05, 3.63) is 40.2 Å². The summed E-state index contributed by atoms with van der Waals surface area (Å²) in [5, 5.41) is 21.0. The molecule has 0 heterocycles. The summed E-state index contributed by atoms with van der Waals surface area (Å²) >= 11 is 0. The van der Waals surface area contributed by atoms with Crippen LogP contribution in [0.1, 0.15) is 0 Å². The van der Waals surface area contributed by atoms with Gasteiger partial charge in [0.2, 0.25) is 11.2 Å². The molecular formula is C6H5BF5N3O2. The molecule has 0 amide bonds. The Morgan fingerprint density at radius 3 is 1.76 bits per heavy atom. The number of para-hydroxylation sites is 1. The van der Waals surface area contributed by atoms with Gasteiger partial charge in [-0.2, -0.15) is 4.39 Å². The SMILES string of the molecule is F[B-](F)(F)F.N#[NH+].O=[N+]([O-])c1ccccc1F. The zero-order chi connectivity index (χ0) is 14.1. The molecule has 0 saturated heterocycles. The molecule has 5 nitrogen and oxygen atoms in total. The van der Waals surface area contributed by atoms with Crippen LogP contribution in [0.3, 0.4) is 0 Å². The average Bonchev–Trinajstić information content (AvgIpc) is 2.18. The summed E-state index contributed by atoms with van der Waals surface area (Å²) in [5.41, 5.74) is -0.484. The van der Waals surface area contributed by atoms with Crippen LogP contribution in [0.15, 0.2) is 24.3 Å². The second-order valence-electron chi connectivity index (χ2n) is 2.20. The van der Waals surface area contributed by atoms with Crippen LogP contribution in [0.5, 0.6) is 0 Å². The molecule has 0 atom stereocenters. The van der Waals surface area contributed by atoms with Gasteiger partial charge in [0.15, 0.2) is 0 Å². The minimum atomic E-state index is -6.00. The van der Waals surface area contributed by atoms with Crippen LogP contribution < -0.4 is 5.39 Å². The van der Waals surface area contributed by atoms with Crippen molar-refractivity contribution in [2.45, 2.75) is 0 Å². The maximum Gasteiger partial charge on any atom is 0.673 e. The van der Waals surface area contributed by atoms with Gasteiger partial charge in [0.25, 0.3) is 0 Å². The van der Waals surface area contributed by atoms with E-state index in [1.807, 2.05) is 0 Å². The largest absolute Gasteiger partial charge is 0.673 e. The van der Waals surface area contributed by atoms with Crippen molar-refractivity contribution in [1.82, 2.24) is 0 Å². The topological polar surface area (TPSA) is 90.7 Å². The van der Waals surface area contributed by atoms with Gasteiger partial charge in [0.05, 0.1) is 10.3 Å². The monoisotopic (exact) mass is 257 g/mol. The van der Waals surface area contributed by atoms with Gasteiger partial charge < -0.3 is 17.3 Å². The Hall–Kier alpha value is -2.25. The number of hydrogen-bond acceptors (Lipinski definition) is 3. The Labute approximate surface area is 91.5 Å². The molecule has 0 aliphatic rings. The molecule has 1 rings (SSSR count). The number of diazo groups is 1. The summed E-state index contributed by atoms with van der Waals surface area (Å²) in [6.45, 7) is 0. The van der Waals surface area contributed by atoms with Crippen molar-refractivity contribution in [2.24, 2.45) is 0 Å². The Balaban J connectivity index is 0. The smallest absolute Gasteiger partial charge is 0.418 e. The van der Waals surface area contributed by atoms with Gasteiger partial charge in [-0.05, 0) is 6.07 Å². The fourth-order valence-electron chi connectivity index (χ4n) is 0.600. The van der Waals surface area contributed by atoms with Crippen molar-refractivity contribution in [1.29, 1.82) is 5.39 Å². The summed E-state index contributed by atoms with van der Waals surface area (Å²) in [6.07, 6.45) is 0. The van der Waals surface area contributed by atoms with Crippen LogP contribution in [0.25, 0.3) is 0 Å². The van der Waals surface area contributed by atoms with Gasteiger partial charge in [-0.15, -0.1) is 0 Å². The van der Waals surface area contributed by atoms with Gasteiger partial charge in [0, 0.05) is 6.07 Å². The summed E-state index contributed by atoms with van der Waals surface area (Å²) in [4.78, 5) is 9.23. The summed E-state index contributed by atoms with van der Waals surface area (Å²) in [6, 6.07) is 5.00. The average molecular weight is 257 g/mol. The first kappa shape index (κ1) is 17.2. The van der Waals surface area contributed by atoms with Crippen molar-refractivity contribution >= 4 is 12.9 Å². The standard InChI is InChI=1S/C6H4FNO2.BF4.N2/c7-5-3-1-2-4-6(5)8(9)10;2-1(3,4)5;1-2/h1-4H;;/q;-1;/p+1. The summed E-state index contributed by atoms with van der Waals surface area (Å²) in [7, 11) is -6.00. The highest BCUT2D eigenvalue weighted by Gasteiger charge is 2.20. The van der Waals surface area contributed by atoms with Crippen LogP contribution >= 0.6 is 0 Å². The number of benzene rings is 1. The molecular weight excluding hydrogens is 252 g/mol. The minimum Gasteiger partial charge on any atom is -0.418 e. The van der Waals surface area contributed by atoms with Crippen molar-refractivity contribution in [3.63, 3.8) is 0 Å². The van der Waals surface area contributed by atoms with Gasteiger partial charge >= 0.3 is 12.9 Å². The number of halogens is 5. The van der Waals surface area contributed by atoms with E-state index in [0.29, 0.717) is 0 Å². The van der Waals surface area contributed by atoms with E-state index in [1.54, 1.807) is 0 Å². The third-order valence-corrected chi connectivity index (χ3v) is 1.05. The first-order chi connectivity index (χ1) is 7.72. The van der Waals surface area contributed by atoms with Crippen LogP contribution in [-0.4, -0.2) is 12.2 Å². The fourth-order valence-corrected chi connectivity index (χ4v) is 0.600. The number of nitro groups is 1. The van der Waals surface area contributed by atoms with E-state index in [0.717, 1.165) is 12.1 Å². The Morgan fingerprint density at radius 1 is 1.18 bits per heavy atom. The molecule has 0 fully saturated rings. The zero-order valence-electron chi connectivity index (χ0n) is 7.99. The molecule has 0 spiro atoms. The molecule has 0 bridgehead atoms. The molecule has 94 valence electrons. The van der Waals surface area contributed by atoms with Crippen molar-refractivity contribution in [3.8, 4) is 0 Å². The van der Waals surface area contributed by atoms with E-state index in [-0.39, 0.29) is 0 Å². The van der Waals surface area contributed by atoms with E-state index in [2.05, 4.69) is 0 Å².